The Morgan fingerprint density at radius 2 is 1.24 bits per heavy atom. The van der Waals surface area contributed by atoms with Crippen LogP contribution < -0.4 is 0 Å². The number of hydrogen-bond acceptors (Lipinski definition) is 4. The van der Waals surface area contributed by atoms with E-state index in [-0.39, 0.29) is 5.57 Å². The van der Waals surface area contributed by atoms with E-state index in [9.17, 15) is 4.79 Å². The minimum atomic E-state index is -0.935. The second-order valence-corrected chi connectivity index (χ2v) is 6.36. The molecule has 2 nitrogen and oxygen atoms in total. The van der Waals surface area contributed by atoms with Crippen LogP contribution in [0.1, 0.15) is 6.92 Å². The van der Waals surface area contributed by atoms with E-state index in [2.05, 4.69) is 56.1 Å². The molecule has 21 heavy (non-hydrogen) atoms. The first-order valence-corrected chi connectivity index (χ1v) is 7.74. The maximum absolute atomic E-state index is 9.60. The zero-order valence-electron chi connectivity index (χ0n) is 11.5. The highest BCUT2D eigenvalue weighted by Crippen LogP contribution is 2.28. The minimum Gasteiger partial charge on any atom is -0.478 e. The summed E-state index contributed by atoms with van der Waals surface area (Å²) in [5.74, 6) is -0.935. The van der Waals surface area contributed by atoms with Gasteiger partial charge in [0.1, 0.15) is 0 Å². The van der Waals surface area contributed by atoms with Crippen LogP contribution in [0, 0.1) is 0 Å². The fraction of sp³-hybridized carbons (Fsp3) is 0.0625. The number of carboxylic acid groups (broad SMARTS) is 1. The Bertz CT molecular complexity index is 549. The average Bonchev–Trinajstić information content (AvgIpc) is 2.44. The molecule has 2 aromatic carbocycles. The van der Waals surface area contributed by atoms with Crippen molar-refractivity contribution in [1.29, 1.82) is 0 Å². The van der Waals surface area contributed by atoms with Gasteiger partial charge < -0.3 is 5.11 Å². The van der Waals surface area contributed by atoms with Gasteiger partial charge in [-0.15, -0.1) is 25.3 Å². The van der Waals surface area contributed by atoms with Crippen molar-refractivity contribution < 1.29 is 9.90 Å². The van der Waals surface area contributed by atoms with Crippen LogP contribution in [0.5, 0.6) is 0 Å². The predicted octanol–water partition coefficient (Wildman–Crippen LogP) is 5.06. The lowest BCUT2D eigenvalue weighted by Crippen LogP contribution is -1.92. The quantitative estimate of drug-likeness (QED) is 0.541. The maximum Gasteiger partial charge on any atom is 0.330 e. The topological polar surface area (TPSA) is 37.3 Å². The lowest BCUT2D eigenvalue weighted by atomic mass is 10.4. The monoisotopic (exact) mass is 336 g/mol. The number of rotatable bonds is 3. The van der Waals surface area contributed by atoms with Gasteiger partial charge in [-0.05, 0) is 55.5 Å². The van der Waals surface area contributed by atoms with Crippen molar-refractivity contribution in [1.82, 2.24) is 0 Å². The summed E-state index contributed by atoms with van der Waals surface area (Å²) in [6.45, 7) is 4.60. The van der Waals surface area contributed by atoms with Gasteiger partial charge in [0.05, 0.1) is 0 Å². The van der Waals surface area contributed by atoms with Crippen molar-refractivity contribution in [3.8, 4) is 0 Å². The molecule has 0 bridgehead atoms. The molecule has 0 aliphatic carbocycles. The molecule has 0 radical (unpaired) electrons. The molecule has 0 heterocycles. The van der Waals surface area contributed by atoms with E-state index in [0.717, 1.165) is 9.79 Å². The van der Waals surface area contributed by atoms with Crippen LogP contribution in [-0.4, -0.2) is 11.1 Å². The van der Waals surface area contributed by atoms with Crippen LogP contribution in [0.4, 0.5) is 0 Å². The highest BCUT2D eigenvalue weighted by molar-refractivity contribution is 7.99. The summed E-state index contributed by atoms with van der Waals surface area (Å²) in [6.07, 6.45) is 0. The molecule has 0 aliphatic rings. The van der Waals surface area contributed by atoms with Crippen molar-refractivity contribution in [2.45, 2.75) is 26.5 Å². The molecule has 2 rings (SSSR count). The van der Waals surface area contributed by atoms with Crippen molar-refractivity contribution in [2.75, 3.05) is 0 Å². The molecule has 0 atom stereocenters. The van der Waals surface area contributed by atoms with Crippen molar-refractivity contribution >= 4 is 43.0 Å². The SMILES string of the molecule is C=C(C)C(=O)O.Sc1ccc(Sc2ccc(S)cc2)cc1. The fourth-order valence-electron chi connectivity index (χ4n) is 1.16. The first-order chi connectivity index (χ1) is 9.88. The predicted molar refractivity (Wildman–Crippen MR) is 94.0 cm³/mol. The standard InChI is InChI=1S/C12H10S3.C4H6O2/c13-9-1-5-11(6-2-9)15-12-7-3-10(14)4-8-12;1-3(2)4(5)6/h1-8,13-14H;1H2,2H3,(H,5,6). The highest BCUT2D eigenvalue weighted by atomic mass is 32.2. The molecule has 0 saturated heterocycles. The van der Waals surface area contributed by atoms with E-state index in [1.165, 1.54) is 16.7 Å². The van der Waals surface area contributed by atoms with Crippen LogP contribution >= 0.6 is 37.0 Å². The van der Waals surface area contributed by atoms with Gasteiger partial charge in [0, 0.05) is 25.2 Å². The summed E-state index contributed by atoms with van der Waals surface area (Å²) >= 11 is 10.2. The Morgan fingerprint density at radius 3 is 1.48 bits per heavy atom. The Balaban J connectivity index is 0.000000315. The number of benzene rings is 2. The van der Waals surface area contributed by atoms with Gasteiger partial charge in [0.15, 0.2) is 0 Å². The lowest BCUT2D eigenvalue weighted by Gasteiger charge is -2.01. The molecular weight excluding hydrogens is 320 g/mol. The second-order valence-electron chi connectivity index (χ2n) is 4.18. The van der Waals surface area contributed by atoms with E-state index >= 15 is 0 Å². The van der Waals surface area contributed by atoms with Gasteiger partial charge in [0.2, 0.25) is 0 Å². The van der Waals surface area contributed by atoms with Crippen LogP contribution in [0.2, 0.25) is 0 Å². The first kappa shape index (κ1) is 17.8. The Morgan fingerprint density at radius 1 is 0.952 bits per heavy atom. The zero-order valence-corrected chi connectivity index (χ0v) is 14.1. The number of aliphatic carboxylic acids is 1. The van der Waals surface area contributed by atoms with Gasteiger partial charge >= 0.3 is 5.97 Å². The summed E-state index contributed by atoms with van der Waals surface area (Å²) < 4.78 is 0. The summed E-state index contributed by atoms with van der Waals surface area (Å²) in [6, 6.07) is 16.3. The first-order valence-electron chi connectivity index (χ1n) is 6.03. The van der Waals surface area contributed by atoms with Gasteiger partial charge in [-0.1, -0.05) is 18.3 Å². The number of carboxylic acids is 1. The third kappa shape index (κ3) is 7.32. The number of thiol groups is 2. The lowest BCUT2D eigenvalue weighted by molar-refractivity contribution is -0.132. The molecule has 110 valence electrons. The largest absolute Gasteiger partial charge is 0.478 e. The summed E-state index contributed by atoms with van der Waals surface area (Å²) in [5, 5.41) is 7.89. The Kier molecular flexibility index (Phi) is 7.50. The van der Waals surface area contributed by atoms with Gasteiger partial charge in [-0.2, -0.15) is 0 Å². The molecular formula is C16H16O2S3. The third-order valence-corrected chi connectivity index (χ3v) is 3.89. The van der Waals surface area contributed by atoms with Crippen LogP contribution in [0.25, 0.3) is 0 Å². The van der Waals surface area contributed by atoms with Gasteiger partial charge in [-0.25, -0.2) is 4.79 Å². The van der Waals surface area contributed by atoms with Crippen LogP contribution in [0.15, 0.2) is 80.3 Å². The molecule has 0 aliphatic heterocycles. The van der Waals surface area contributed by atoms with E-state index in [1.807, 2.05) is 24.3 Å². The summed E-state index contributed by atoms with van der Waals surface area (Å²) in [4.78, 5) is 14.0. The van der Waals surface area contributed by atoms with Crippen LogP contribution in [0.3, 0.4) is 0 Å². The number of carbonyl (C=O) groups is 1. The van der Waals surface area contributed by atoms with Crippen molar-refractivity contribution in [2.24, 2.45) is 0 Å². The molecule has 2 aromatic rings. The van der Waals surface area contributed by atoms with Crippen molar-refractivity contribution in [3.63, 3.8) is 0 Å². The zero-order chi connectivity index (χ0) is 15.8. The molecule has 0 unspecified atom stereocenters. The van der Waals surface area contributed by atoms with Gasteiger partial charge in [-0.3, -0.25) is 0 Å². The molecule has 0 spiro atoms. The Labute approximate surface area is 140 Å². The molecule has 0 aromatic heterocycles. The maximum atomic E-state index is 9.60. The molecule has 5 heteroatoms. The minimum absolute atomic E-state index is 0.176. The van der Waals surface area contributed by atoms with E-state index < -0.39 is 5.97 Å². The van der Waals surface area contributed by atoms with Gasteiger partial charge in [0.25, 0.3) is 0 Å². The molecule has 0 amide bonds. The van der Waals surface area contributed by atoms with E-state index in [4.69, 9.17) is 5.11 Å². The fourth-order valence-corrected chi connectivity index (χ4v) is 2.28. The second kappa shape index (κ2) is 8.87. The highest BCUT2D eigenvalue weighted by Gasteiger charge is 1.96. The normalized spacial score (nSPS) is 9.48. The van der Waals surface area contributed by atoms with E-state index in [0.29, 0.717) is 0 Å². The summed E-state index contributed by atoms with van der Waals surface area (Å²) in [5.41, 5.74) is 0.176. The average molecular weight is 337 g/mol. The van der Waals surface area contributed by atoms with Crippen LogP contribution in [-0.2, 0) is 4.79 Å². The van der Waals surface area contributed by atoms with E-state index in [1.54, 1.807) is 11.8 Å². The summed E-state index contributed by atoms with van der Waals surface area (Å²) in [7, 11) is 0. The third-order valence-electron chi connectivity index (χ3n) is 2.27. The number of hydrogen-bond donors (Lipinski definition) is 3. The molecule has 0 fully saturated rings. The Hall–Kier alpha value is -1.30. The van der Waals surface area contributed by atoms with Crippen molar-refractivity contribution in [3.05, 3.63) is 60.7 Å². The molecule has 1 N–H and O–H groups in total. The molecule has 0 saturated carbocycles. The smallest absolute Gasteiger partial charge is 0.330 e.